The third kappa shape index (κ3) is 4.27. The van der Waals surface area contributed by atoms with Crippen LogP contribution in [0, 0.1) is 6.92 Å². The zero-order valence-corrected chi connectivity index (χ0v) is 12.0. The Morgan fingerprint density at radius 1 is 1.05 bits per heavy atom. The van der Waals surface area contributed by atoms with Crippen LogP contribution in [0.5, 0.6) is 0 Å². The Morgan fingerprint density at radius 2 is 1.68 bits per heavy atom. The van der Waals surface area contributed by atoms with Crippen molar-refractivity contribution < 1.29 is 4.79 Å². The number of halogens is 1. The molecule has 0 aromatic heterocycles. The van der Waals surface area contributed by atoms with Gasteiger partial charge in [0.25, 0.3) is 0 Å². The van der Waals surface area contributed by atoms with E-state index in [1.54, 1.807) is 0 Å². The quantitative estimate of drug-likeness (QED) is 0.445. The molecule has 2 aromatic carbocycles. The number of hydrogen-bond donors (Lipinski definition) is 0. The van der Waals surface area contributed by atoms with Crippen molar-refractivity contribution in [3.8, 4) is 0 Å². The summed E-state index contributed by atoms with van der Waals surface area (Å²) < 4.78 is 0.469. The minimum atomic E-state index is -0.0755. The Morgan fingerprint density at radius 3 is 2.32 bits per heavy atom. The molecule has 0 aliphatic heterocycles. The molecule has 0 fully saturated rings. The summed E-state index contributed by atoms with van der Waals surface area (Å²) in [6.07, 6.45) is 1.46. The lowest BCUT2D eigenvalue weighted by molar-refractivity contribution is 0.104. The van der Waals surface area contributed by atoms with E-state index in [1.165, 1.54) is 17.8 Å². The van der Waals surface area contributed by atoms with Gasteiger partial charge in [0.15, 0.2) is 5.78 Å². The number of ketones is 1. The smallest absolute Gasteiger partial charge is 0.187 e. The van der Waals surface area contributed by atoms with Gasteiger partial charge < -0.3 is 0 Å². The van der Waals surface area contributed by atoms with Crippen LogP contribution in [0.2, 0.25) is 0 Å². The van der Waals surface area contributed by atoms with Crippen LogP contribution in [-0.2, 0) is 0 Å². The molecule has 0 heterocycles. The van der Waals surface area contributed by atoms with Gasteiger partial charge in [-0.25, -0.2) is 0 Å². The Labute approximate surface area is 122 Å². The number of benzene rings is 2. The summed E-state index contributed by atoms with van der Waals surface area (Å²) in [5.41, 5.74) is 1.78. The Hall–Kier alpha value is -1.51. The second kappa shape index (κ2) is 6.60. The van der Waals surface area contributed by atoms with E-state index in [2.05, 4.69) is 0 Å². The summed E-state index contributed by atoms with van der Waals surface area (Å²) in [5.74, 6) is -0.0755. The van der Waals surface area contributed by atoms with Crippen LogP contribution in [0.25, 0.3) is 0 Å². The largest absolute Gasteiger partial charge is 0.289 e. The minimum Gasteiger partial charge on any atom is -0.289 e. The van der Waals surface area contributed by atoms with Gasteiger partial charge in [-0.1, -0.05) is 71.4 Å². The molecule has 0 N–H and O–H groups in total. The molecular formula is C16H13ClOS. The topological polar surface area (TPSA) is 17.1 Å². The molecule has 0 aliphatic carbocycles. The maximum absolute atomic E-state index is 12.0. The third-order valence-electron chi connectivity index (χ3n) is 2.54. The van der Waals surface area contributed by atoms with Crippen molar-refractivity contribution in [1.29, 1.82) is 0 Å². The summed E-state index contributed by atoms with van der Waals surface area (Å²) in [4.78, 5) is 13.0. The maximum Gasteiger partial charge on any atom is 0.187 e. The molecule has 3 heteroatoms. The first-order valence-corrected chi connectivity index (χ1v) is 7.06. The fourth-order valence-corrected chi connectivity index (χ4v) is 2.59. The van der Waals surface area contributed by atoms with Crippen LogP contribution in [0.1, 0.15) is 15.9 Å². The van der Waals surface area contributed by atoms with Crippen LogP contribution in [0.3, 0.4) is 0 Å². The lowest BCUT2D eigenvalue weighted by atomic mass is 10.1. The van der Waals surface area contributed by atoms with Gasteiger partial charge in [-0.05, 0) is 19.1 Å². The molecule has 0 saturated carbocycles. The van der Waals surface area contributed by atoms with E-state index in [4.69, 9.17) is 11.6 Å². The van der Waals surface area contributed by atoms with Crippen molar-refractivity contribution in [3.63, 3.8) is 0 Å². The number of rotatable bonds is 4. The van der Waals surface area contributed by atoms with Gasteiger partial charge in [-0.15, -0.1) is 0 Å². The van der Waals surface area contributed by atoms with Crippen LogP contribution < -0.4 is 0 Å². The van der Waals surface area contributed by atoms with E-state index in [-0.39, 0.29) is 5.78 Å². The Balaban J connectivity index is 2.08. The number of aryl methyl sites for hydroxylation is 1. The van der Waals surface area contributed by atoms with Gasteiger partial charge in [0.2, 0.25) is 0 Å². The SMILES string of the molecule is Cc1ccc(C(=O)/C=C(\Cl)Sc2ccccc2)cc1. The molecule has 1 nitrogen and oxygen atoms in total. The molecule has 0 saturated heterocycles. The van der Waals surface area contributed by atoms with Gasteiger partial charge in [-0.3, -0.25) is 4.79 Å². The number of carbonyl (C=O) groups excluding carboxylic acids is 1. The normalized spacial score (nSPS) is 11.4. The molecule has 0 aliphatic rings. The number of carbonyl (C=O) groups is 1. The summed E-state index contributed by atoms with van der Waals surface area (Å²) in [5, 5.41) is 0. The second-order valence-corrected chi connectivity index (χ2v) is 5.84. The van der Waals surface area contributed by atoms with E-state index < -0.39 is 0 Å². The van der Waals surface area contributed by atoms with E-state index in [0.29, 0.717) is 9.93 Å². The number of thioether (sulfide) groups is 1. The Bertz CT molecular complexity index is 588. The highest BCUT2D eigenvalue weighted by atomic mass is 35.5. The molecule has 0 unspecified atom stereocenters. The summed E-state index contributed by atoms with van der Waals surface area (Å²) in [6, 6.07) is 17.2. The molecule has 0 atom stereocenters. The first-order chi connectivity index (χ1) is 9.15. The second-order valence-electron chi connectivity index (χ2n) is 4.09. The molecule has 19 heavy (non-hydrogen) atoms. The maximum atomic E-state index is 12.0. The molecule has 2 rings (SSSR count). The highest BCUT2D eigenvalue weighted by Crippen LogP contribution is 2.29. The van der Waals surface area contributed by atoms with Gasteiger partial charge >= 0.3 is 0 Å². The van der Waals surface area contributed by atoms with Gasteiger partial charge in [-0.2, -0.15) is 0 Å². The lowest BCUT2D eigenvalue weighted by Crippen LogP contribution is -1.94. The highest BCUT2D eigenvalue weighted by Gasteiger charge is 2.04. The van der Waals surface area contributed by atoms with Crippen molar-refractivity contribution in [1.82, 2.24) is 0 Å². The van der Waals surface area contributed by atoms with Gasteiger partial charge in [0, 0.05) is 16.5 Å². The molecule has 0 radical (unpaired) electrons. The van der Waals surface area contributed by atoms with Gasteiger partial charge in [0.1, 0.15) is 0 Å². The standard InChI is InChI=1S/C16H13ClOS/c1-12-7-9-13(10-8-12)15(18)11-16(17)19-14-5-3-2-4-6-14/h2-11H,1H3/b16-11+. The van der Waals surface area contributed by atoms with Crippen LogP contribution in [-0.4, -0.2) is 5.78 Å². The summed E-state index contributed by atoms with van der Waals surface area (Å²) in [7, 11) is 0. The highest BCUT2D eigenvalue weighted by molar-refractivity contribution is 8.04. The van der Waals surface area contributed by atoms with Crippen molar-refractivity contribution in [3.05, 3.63) is 76.2 Å². The first-order valence-electron chi connectivity index (χ1n) is 5.86. The fraction of sp³-hybridized carbons (Fsp3) is 0.0625. The predicted octanol–water partition coefficient (Wildman–Crippen LogP) is 5.05. The molecule has 96 valence electrons. The summed E-state index contributed by atoms with van der Waals surface area (Å²) >= 11 is 7.47. The monoisotopic (exact) mass is 288 g/mol. The average Bonchev–Trinajstić information content (AvgIpc) is 2.40. The molecule has 0 bridgehead atoms. The van der Waals surface area contributed by atoms with E-state index in [9.17, 15) is 4.79 Å². The van der Waals surface area contributed by atoms with Crippen LogP contribution >= 0.6 is 23.4 Å². The van der Waals surface area contributed by atoms with E-state index in [1.807, 2.05) is 61.5 Å². The molecule has 0 spiro atoms. The van der Waals surface area contributed by atoms with Crippen molar-refractivity contribution in [2.24, 2.45) is 0 Å². The zero-order chi connectivity index (χ0) is 13.7. The molecule has 2 aromatic rings. The van der Waals surface area contributed by atoms with Crippen LogP contribution in [0.15, 0.2) is 69.9 Å². The first kappa shape index (κ1) is 13.9. The molecular weight excluding hydrogens is 276 g/mol. The van der Waals surface area contributed by atoms with E-state index in [0.717, 1.165) is 10.5 Å². The molecule has 0 amide bonds. The average molecular weight is 289 g/mol. The van der Waals surface area contributed by atoms with Crippen molar-refractivity contribution in [2.75, 3.05) is 0 Å². The predicted molar refractivity (Wildman–Crippen MR) is 81.7 cm³/mol. The number of allylic oxidation sites excluding steroid dienone is 1. The van der Waals surface area contributed by atoms with Crippen molar-refractivity contribution >= 4 is 29.1 Å². The fourth-order valence-electron chi connectivity index (χ4n) is 1.53. The van der Waals surface area contributed by atoms with E-state index >= 15 is 0 Å². The third-order valence-corrected chi connectivity index (χ3v) is 3.70. The number of hydrogen-bond acceptors (Lipinski definition) is 2. The zero-order valence-electron chi connectivity index (χ0n) is 10.5. The lowest BCUT2D eigenvalue weighted by Gasteiger charge is -2.00. The van der Waals surface area contributed by atoms with Crippen LogP contribution in [0.4, 0.5) is 0 Å². The minimum absolute atomic E-state index is 0.0755. The van der Waals surface area contributed by atoms with Gasteiger partial charge in [0.05, 0.1) is 4.36 Å². The summed E-state index contributed by atoms with van der Waals surface area (Å²) in [6.45, 7) is 1.99. The Kier molecular flexibility index (Phi) is 4.83. The van der Waals surface area contributed by atoms with Crippen molar-refractivity contribution in [2.45, 2.75) is 11.8 Å².